The minimum Gasteiger partial charge on any atom is -0.486 e. The zero-order valence-corrected chi connectivity index (χ0v) is 16.9. The SMILES string of the molecule is O=C(O)C(F)(F)F.O=C(c1ccc(F)cc1)N1CCc2onc(COc3cccnc3)c2C1. The molecule has 1 N–H and O–H groups in total. The molecule has 0 saturated carbocycles. The molecule has 12 heteroatoms. The Kier molecular flexibility index (Phi) is 7.26. The van der Waals surface area contributed by atoms with Gasteiger partial charge in [-0.25, -0.2) is 9.18 Å². The van der Waals surface area contributed by atoms with Gasteiger partial charge in [0.15, 0.2) is 0 Å². The maximum atomic E-state index is 13.1. The van der Waals surface area contributed by atoms with Crippen LogP contribution in [0.15, 0.2) is 53.3 Å². The fourth-order valence-corrected chi connectivity index (χ4v) is 2.91. The normalized spacial score (nSPS) is 12.9. The maximum Gasteiger partial charge on any atom is 0.490 e. The van der Waals surface area contributed by atoms with Crippen LogP contribution in [0, 0.1) is 5.82 Å². The molecular weight excluding hydrogens is 450 g/mol. The number of fused-ring (bicyclic) bond motifs is 1. The van der Waals surface area contributed by atoms with Crippen molar-refractivity contribution in [3.63, 3.8) is 0 Å². The average Bonchev–Trinajstić information content (AvgIpc) is 3.20. The van der Waals surface area contributed by atoms with E-state index in [1.54, 1.807) is 23.4 Å². The van der Waals surface area contributed by atoms with Gasteiger partial charge in [0.2, 0.25) is 0 Å². The van der Waals surface area contributed by atoms with E-state index in [4.69, 9.17) is 19.2 Å². The molecule has 1 aromatic carbocycles. The minimum atomic E-state index is -5.08. The van der Waals surface area contributed by atoms with Crippen molar-refractivity contribution in [3.8, 4) is 5.75 Å². The summed E-state index contributed by atoms with van der Waals surface area (Å²) >= 11 is 0. The first-order valence-corrected chi connectivity index (χ1v) is 9.49. The predicted molar refractivity (Wildman–Crippen MR) is 104 cm³/mol. The summed E-state index contributed by atoms with van der Waals surface area (Å²) in [4.78, 5) is 27.2. The molecule has 174 valence electrons. The van der Waals surface area contributed by atoms with Gasteiger partial charge in [-0.15, -0.1) is 0 Å². The van der Waals surface area contributed by atoms with Crippen molar-refractivity contribution in [1.29, 1.82) is 0 Å². The molecule has 0 atom stereocenters. The third-order valence-electron chi connectivity index (χ3n) is 4.54. The van der Waals surface area contributed by atoms with Crippen molar-refractivity contribution >= 4 is 11.9 Å². The Morgan fingerprint density at radius 3 is 2.48 bits per heavy atom. The number of hydrogen-bond acceptors (Lipinski definition) is 6. The smallest absolute Gasteiger partial charge is 0.486 e. The molecule has 1 aliphatic heterocycles. The molecular formula is C21H17F4N3O5. The lowest BCUT2D eigenvalue weighted by atomic mass is 10.0. The van der Waals surface area contributed by atoms with E-state index in [1.807, 2.05) is 6.07 Å². The van der Waals surface area contributed by atoms with Gasteiger partial charge in [-0.05, 0) is 36.4 Å². The highest BCUT2D eigenvalue weighted by molar-refractivity contribution is 5.94. The summed E-state index contributed by atoms with van der Waals surface area (Å²) in [6.07, 6.45) is -1.21. The number of ether oxygens (including phenoxy) is 1. The average molecular weight is 467 g/mol. The zero-order chi connectivity index (χ0) is 24.0. The molecule has 0 bridgehead atoms. The second-order valence-corrected chi connectivity index (χ2v) is 6.79. The van der Waals surface area contributed by atoms with E-state index in [0.29, 0.717) is 36.5 Å². The first-order chi connectivity index (χ1) is 15.6. The number of alkyl halides is 3. The molecule has 0 aliphatic carbocycles. The van der Waals surface area contributed by atoms with Gasteiger partial charge in [0.1, 0.15) is 29.6 Å². The number of halogens is 4. The standard InChI is InChI=1S/C19H16FN3O3.C2HF3O2/c20-14-5-3-13(4-6-14)19(24)23-9-7-18-16(11-23)17(22-26-18)12-25-15-2-1-8-21-10-15;3-2(4,5)1(6)7/h1-6,8,10H,7,9,11-12H2;(H,6,7). The molecule has 1 amide bonds. The number of hydrogen-bond donors (Lipinski definition) is 1. The number of amides is 1. The highest BCUT2D eigenvalue weighted by atomic mass is 19.4. The third kappa shape index (κ3) is 6.28. The Morgan fingerprint density at radius 2 is 1.88 bits per heavy atom. The first-order valence-electron chi connectivity index (χ1n) is 9.49. The number of carboxylic acid groups (broad SMARTS) is 1. The molecule has 0 saturated heterocycles. The lowest BCUT2D eigenvalue weighted by Gasteiger charge is -2.26. The van der Waals surface area contributed by atoms with E-state index in [1.165, 1.54) is 24.3 Å². The molecule has 3 heterocycles. The number of pyridine rings is 1. The van der Waals surface area contributed by atoms with Crippen molar-refractivity contribution in [2.24, 2.45) is 0 Å². The number of carbonyl (C=O) groups is 2. The summed E-state index contributed by atoms with van der Waals surface area (Å²) in [5, 5.41) is 11.2. The molecule has 33 heavy (non-hydrogen) atoms. The van der Waals surface area contributed by atoms with Gasteiger partial charge in [-0.1, -0.05) is 5.16 Å². The number of benzene rings is 1. The zero-order valence-electron chi connectivity index (χ0n) is 16.9. The van der Waals surface area contributed by atoms with Crippen LogP contribution in [0.25, 0.3) is 0 Å². The van der Waals surface area contributed by atoms with Gasteiger partial charge in [0.05, 0.1) is 12.7 Å². The molecule has 0 unspecified atom stereocenters. The van der Waals surface area contributed by atoms with Crippen LogP contribution in [0.5, 0.6) is 5.75 Å². The van der Waals surface area contributed by atoms with Gasteiger partial charge < -0.3 is 19.3 Å². The molecule has 0 spiro atoms. The van der Waals surface area contributed by atoms with Crippen LogP contribution in [0.1, 0.15) is 27.4 Å². The summed E-state index contributed by atoms with van der Waals surface area (Å²) in [5.74, 6) is -1.85. The largest absolute Gasteiger partial charge is 0.490 e. The van der Waals surface area contributed by atoms with Gasteiger partial charge >= 0.3 is 12.1 Å². The fraction of sp³-hybridized carbons (Fsp3) is 0.238. The number of carboxylic acids is 1. The Balaban J connectivity index is 0.000000383. The topological polar surface area (TPSA) is 106 Å². The highest BCUT2D eigenvalue weighted by Gasteiger charge is 2.38. The van der Waals surface area contributed by atoms with E-state index in [0.717, 1.165) is 11.3 Å². The quantitative estimate of drug-likeness (QED) is 0.585. The Hall–Kier alpha value is -3.96. The van der Waals surface area contributed by atoms with Crippen LogP contribution in [-0.4, -0.2) is 44.7 Å². The summed E-state index contributed by atoms with van der Waals surface area (Å²) in [5.41, 5.74) is 2.00. The molecule has 1 aliphatic rings. The Morgan fingerprint density at radius 1 is 1.18 bits per heavy atom. The lowest BCUT2D eigenvalue weighted by molar-refractivity contribution is -0.192. The summed E-state index contributed by atoms with van der Waals surface area (Å²) in [7, 11) is 0. The van der Waals surface area contributed by atoms with E-state index in [-0.39, 0.29) is 18.3 Å². The van der Waals surface area contributed by atoms with Crippen molar-refractivity contribution in [1.82, 2.24) is 15.0 Å². The lowest BCUT2D eigenvalue weighted by Crippen LogP contribution is -2.36. The molecule has 2 aromatic heterocycles. The monoisotopic (exact) mass is 467 g/mol. The van der Waals surface area contributed by atoms with Crippen LogP contribution in [0.4, 0.5) is 17.6 Å². The van der Waals surface area contributed by atoms with E-state index in [9.17, 15) is 22.4 Å². The Bertz CT molecular complexity index is 1100. The molecule has 0 radical (unpaired) electrons. The van der Waals surface area contributed by atoms with Crippen LogP contribution in [0.2, 0.25) is 0 Å². The number of nitrogens with zero attached hydrogens (tertiary/aromatic N) is 3. The van der Waals surface area contributed by atoms with Gasteiger partial charge in [-0.2, -0.15) is 13.2 Å². The minimum absolute atomic E-state index is 0.143. The van der Waals surface area contributed by atoms with Crippen molar-refractivity contribution in [2.75, 3.05) is 6.54 Å². The van der Waals surface area contributed by atoms with Crippen LogP contribution >= 0.6 is 0 Å². The van der Waals surface area contributed by atoms with Crippen LogP contribution in [-0.2, 0) is 24.4 Å². The van der Waals surface area contributed by atoms with Gasteiger partial charge in [0, 0.05) is 30.3 Å². The van der Waals surface area contributed by atoms with Crippen molar-refractivity contribution in [2.45, 2.75) is 25.7 Å². The Labute approximate surface area is 184 Å². The van der Waals surface area contributed by atoms with E-state index < -0.39 is 12.1 Å². The van der Waals surface area contributed by atoms with Crippen molar-refractivity contribution in [3.05, 3.63) is 77.2 Å². The first kappa shape index (κ1) is 23.7. The van der Waals surface area contributed by atoms with E-state index in [2.05, 4.69) is 10.1 Å². The summed E-state index contributed by atoms with van der Waals surface area (Å²) < 4.78 is 55.9. The second-order valence-electron chi connectivity index (χ2n) is 6.79. The number of carbonyl (C=O) groups excluding carboxylic acids is 1. The van der Waals surface area contributed by atoms with E-state index >= 15 is 0 Å². The number of rotatable bonds is 4. The maximum absolute atomic E-state index is 13.1. The third-order valence-corrected chi connectivity index (χ3v) is 4.54. The van der Waals surface area contributed by atoms with Gasteiger partial charge in [-0.3, -0.25) is 9.78 Å². The molecule has 4 rings (SSSR count). The predicted octanol–water partition coefficient (Wildman–Crippen LogP) is 3.62. The van der Waals surface area contributed by atoms with Gasteiger partial charge in [0.25, 0.3) is 5.91 Å². The number of aromatic nitrogens is 2. The number of aliphatic carboxylic acids is 1. The summed E-state index contributed by atoms with van der Waals surface area (Å²) in [6, 6.07) is 9.16. The molecule has 0 fully saturated rings. The second kappa shape index (κ2) is 10.1. The van der Waals surface area contributed by atoms with Crippen molar-refractivity contribution < 1.29 is 41.5 Å². The summed E-state index contributed by atoms with van der Waals surface area (Å²) in [6.45, 7) is 1.16. The highest BCUT2D eigenvalue weighted by Crippen LogP contribution is 2.25. The van der Waals surface area contributed by atoms with Crippen LogP contribution in [0.3, 0.4) is 0 Å². The molecule has 3 aromatic rings. The fourth-order valence-electron chi connectivity index (χ4n) is 2.91. The van der Waals surface area contributed by atoms with Crippen LogP contribution < -0.4 is 4.74 Å². The molecule has 8 nitrogen and oxygen atoms in total.